The summed E-state index contributed by atoms with van der Waals surface area (Å²) in [7, 11) is 0. The SMILES string of the molecule is C[C@@H]1[C@@H](c2cccs2)c2c([nH]c3ccccc23)[C@H]1NC(=O)OCc1ccccc1. The number of amides is 1. The second-order valence-electron chi connectivity index (χ2n) is 7.53. The lowest BCUT2D eigenvalue weighted by molar-refractivity contribution is 0.132. The molecule has 0 radical (unpaired) electrons. The van der Waals surface area contributed by atoms with Crippen LogP contribution >= 0.6 is 11.3 Å². The number of hydrogen-bond donors (Lipinski definition) is 2. The van der Waals surface area contributed by atoms with Gasteiger partial charge in [0.2, 0.25) is 0 Å². The molecule has 1 amide bonds. The van der Waals surface area contributed by atoms with E-state index in [2.05, 4.69) is 52.9 Å². The van der Waals surface area contributed by atoms with E-state index in [1.807, 2.05) is 36.4 Å². The molecule has 1 aliphatic rings. The van der Waals surface area contributed by atoms with E-state index in [1.165, 1.54) is 15.8 Å². The summed E-state index contributed by atoms with van der Waals surface area (Å²) in [5.41, 5.74) is 4.47. The van der Waals surface area contributed by atoms with Gasteiger partial charge in [-0.2, -0.15) is 0 Å². The van der Waals surface area contributed by atoms with Crippen molar-refractivity contribution in [3.05, 3.63) is 93.8 Å². The van der Waals surface area contributed by atoms with Gasteiger partial charge >= 0.3 is 6.09 Å². The number of ether oxygens (including phenoxy) is 1. The van der Waals surface area contributed by atoms with Gasteiger partial charge in [-0.05, 0) is 34.6 Å². The average Bonchev–Trinajstić information content (AvgIpc) is 3.45. The predicted octanol–water partition coefficient (Wildman–Crippen LogP) is 5.98. The lowest BCUT2D eigenvalue weighted by atomic mass is 9.89. The normalized spacial score (nSPS) is 20.5. The molecule has 0 bridgehead atoms. The van der Waals surface area contributed by atoms with Crippen LogP contribution in [0.2, 0.25) is 0 Å². The largest absolute Gasteiger partial charge is 0.445 e. The van der Waals surface area contributed by atoms with Crippen LogP contribution in [-0.2, 0) is 11.3 Å². The molecule has 0 saturated carbocycles. The van der Waals surface area contributed by atoms with Gasteiger partial charge in [-0.15, -0.1) is 11.3 Å². The van der Waals surface area contributed by atoms with Crippen LogP contribution in [0.15, 0.2) is 72.1 Å². The molecule has 4 nitrogen and oxygen atoms in total. The topological polar surface area (TPSA) is 54.1 Å². The Kier molecular flexibility index (Phi) is 4.60. The molecule has 0 fully saturated rings. The average molecular weight is 403 g/mol. The van der Waals surface area contributed by atoms with Crippen LogP contribution in [0.5, 0.6) is 0 Å². The fraction of sp³-hybridized carbons (Fsp3) is 0.208. The number of nitrogens with one attached hydrogen (secondary N) is 2. The lowest BCUT2D eigenvalue weighted by Gasteiger charge is -2.22. The number of rotatable bonds is 4. The number of H-pyrrole nitrogens is 1. The Morgan fingerprint density at radius 2 is 1.86 bits per heavy atom. The molecule has 3 atom stereocenters. The third-order valence-corrected chi connectivity index (χ3v) is 6.74. The zero-order valence-electron chi connectivity index (χ0n) is 16.1. The Balaban J connectivity index is 1.44. The summed E-state index contributed by atoms with van der Waals surface area (Å²) in [5, 5.41) is 6.47. The molecule has 0 unspecified atom stereocenters. The minimum Gasteiger partial charge on any atom is -0.445 e. The number of thiophene rings is 1. The second kappa shape index (κ2) is 7.41. The first-order chi connectivity index (χ1) is 14.2. The quantitative estimate of drug-likeness (QED) is 0.441. The Bertz CT molecular complexity index is 1130. The van der Waals surface area contributed by atoms with Crippen LogP contribution in [-0.4, -0.2) is 11.1 Å². The van der Waals surface area contributed by atoms with Gasteiger partial charge < -0.3 is 15.0 Å². The maximum absolute atomic E-state index is 12.6. The van der Waals surface area contributed by atoms with Gasteiger partial charge in [0.25, 0.3) is 0 Å². The van der Waals surface area contributed by atoms with Crippen LogP contribution in [0.25, 0.3) is 10.9 Å². The fourth-order valence-corrected chi connectivity index (χ4v) is 5.40. The molecule has 146 valence electrons. The van der Waals surface area contributed by atoms with Crippen molar-refractivity contribution in [2.45, 2.75) is 25.5 Å². The van der Waals surface area contributed by atoms with Crippen LogP contribution in [0.4, 0.5) is 4.79 Å². The number of carbonyl (C=O) groups excluding carboxylic acids is 1. The summed E-state index contributed by atoms with van der Waals surface area (Å²) < 4.78 is 5.49. The van der Waals surface area contributed by atoms with E-state index in [4.69, 9.17) is 4.74 Å². The molecule has 1 aliphatic carbocycles. The highest BCUT2D eigenvalue weighted by Crippen LogP contribution is 2.51. The van der Waals surface area contributed by atoms with Crippen molar-refractivity contribution in [2.24, 2.45) is 5.92 Å². The summed E-state index contributed by atoms with van der Waals surface area (Å²) in [5.74, 6) is 0.476. The molecular formula is C24H22N2O2S. The summed E-state index contributed by atoms with van der Waals surface area (Å²) in [4.78, 5) is 17.5. The molecule has 2 heterocycles. The van der Waals surface area contributed by atoms with Crippen molar-refractivity contribution in [3.8, 4) is 0 Å². The van der Waals surface area contributed by atoms with Crippen molar-refractivity contribution in [3.63, 3.8) is 0 Å². The van der Waals surface area contributed by atoms with Gasteiger partial charge in [0.1, 0.15) is 6.61 Å². The molecular weight excluding hydrogens is 380 g/mol. The standard InChI is InChI=1S/C24H22N2O2S/c1-15-20(19-12-7-13-29-19)21-17-10-5-6-11-18(17)25-23(21)22(15)26-24(27)28-14-16-8-3-2-4-9-16/h2-13,15,20,22,25H,14H2,1H3,(H,26,27)/t15-,20+,22+/m1/s1. The highest BCUT2D eigenvalue weighted by atomic mass is 32.1. The van der Waals surface area contributed by atoms with Crippen molar-refractivity contribution in [2.75, 3.05) is 0 Å². The van der Waals surface area contributed by atoms with Gasteiger partial charge in [0.15, 0.2) is 0 Å². The van der Waals surface area contributed by atoms with Crippen LogP contribution in [0.3, 0.4) is 0 Å². The molecule has 0 aliphatic heterocycles. The van der Waals surface area contributed by atoms with Crippen molar-refractivity contribution in [1.82, 2.24) is 10.3 Å². The second-order valence-corrected chi connectivity index (χ2v) is 8.51. The van der Waals surface area contributed by atoms with Crippen LogP contribution in [0, 0.1) is 5.92 Å². The van der Waals surface area contributed by atoms with E-state index in [1.54, 1.807) is 11.3 Å². The smallest absolute Gasteiger partial charge is 0.408 e. The maximum Gasteiger partial charge on any atom is 0.408 e. The molecule has 5 heteroatoms. The third-order valence-electron chi connectivity index (χ3n) is 5.79. The summed E-state index contributed by atoms with van der Waals surface area (Å²) >= 11 is 1.77. The minimum absolute atomic E-state index is 0.118. The van der Waals surface area contributed by atoms with Gasteiger partial charge in [0, 0.05) is 27.4 Å². The number of alkyl carbamates (subject to hydrolysis) is 1. The van der Waals surface area contributed by atoms with Gasteiger partial charge in [-0.3, -0.25) is 0 Å². The Labute approximate surface area is 173 Å². The van der Waals surface area contributed by atoms with E-state index >= 15 is 0 Å². The summed E-state index contributed by atoms with van der Waals surface area (Å²) in [6.45, 7) is 2.47. The van der Waals surface area contributed by atoms with E-state index in [9.17, 15) is 4.79 Å². The Morgan fingerprint density at radius 1 is 1.07 bits per heavy atom. The highest BCUT2D eigenvalue weighted by Gasteiger charge is 2.42. The maximum atomic E-state index is 12.6. The lowest BCUT2D eigenvalue weighted by Crippen LogP contribution is -2.32. The monoisotopic (exact) mass is 402 g/mol. The minimum atomic E-state index is -0.387. The van der Waals surface area contributed by atoms with E-state index in [-0.39, 0.29) is 30.6 Å². The zero-order valence-corrected chi connectivity index (χ0v) is 16.9. The number of aromatic nitrogens is 1. The fourth-order valence-electron chi connectivity index (χ4n) is 4.45. The molecule has 29 heavy (non-hydrogen) atoms. The number of aromatic amines is 1. The number of hydrogen-bond acceptors (Lipinski definition) is 3. The highest BCUT2D eigenvalue weighted by molar-refractivity contribution is 7.10. The zero-order chi connectivity index (χ0) is 19.8. The first kappa shape index (κ1) is 18.0. The molecule has 2 N–H and O–H groups in total. The van der Waals surface area contributed by atoms with Gasteiger partial charge in [-0.1, -0.05) is 61.5 Å². The van der Waals surface area contributed by atoms with Crippen LogP contribution < -0.4 is 5.32 Å². The number of carbonyl (C=O) groups is 1. The van der Waals surface area contributed by atoms with Crippen molar-refractivity contribution >= 4 is 28.3 Å². The van der Waals surface area contributed by atoms with Crippen molar-refractivity contribution < 1.29 is 9.53 Å². The number of benzene rings is 2. The molecule has 2 aromatic heterocycles. The predicted molar refractivity (Wildman–Crippen MR) is 116 cm³/mol. The summed E-state index contributed by atoms with van der Waals surface area (Å²) in [6.07, 6.45) is -0.387. The van der Waals surface area contributed by atoms with Gasteiger partial charge in [0.05, 0.1) is 6.04 Å². The molecule has 5 rings (SSSR count). The number of fused-ring (bicyclic) bond motifs is 3. The molecule has 2 aromatic carbocycles. The van der Waals surface area contributed by atoms with Crippen LogP contribution in [0.1, 0.15) is 40.6 Å². The van der Waals surface area contributed by atoms with E-state index < -0.39 is 0 Å². The number of para-hydroxylation sites is 1. The van der Waals surface area contributed by atoms with Crippen molar-refractivity contribution in [1.29, 1.82) is 0 Å². The third kappa shape index (κ3) is 3.21. The molecule has 4 aromatic rings. The first-order valence-electron chi connectivity index (χ1n) is 9.83. The summed E-state index contributed by atoms with van der Waals surface area (Å²) in [6, 6.07) is 22.3. The van der Waals surface area contributed by atoms with E-state index in [0.29, 0.717) is 0 Å². The first-order valence-corrected chi connectivity index (χ1v) is 10.7. The van der Waals surface area contributed by atoms with E-state index in [0.717, 1.165) is 16.8 Å². The Morgan fingerprint density at radius 3 is 2.66 bits per heavy atom. The van der Waals surface area contributed by atoms with Gasteiger partial charge in [-0.25, -0.2) is 4.79 Å². The molecule has 0 saturated heterocycles. The molecule has 0 spiro atoms. The Hall–Kier alpha value is -3.05.